The minimum atomic E-state index is -0.142. The van der Waals surface area contributed by atoms with Crippen LogP contribution in [0.25, 0.3) is 0 Å². The maximum absolute atomic E-state index is 12.2. The first-order valence-corrected chi connectivity index (χ1v) is 10.4. The zero-order chi connectivity index (χ0) is 19.9. The van der Waals surface area contributed by atoms with Crippen LogP contribution in [0.2, 0.25) is 0 Å². The van der Waals surface area contributed by atoms with Gasteiger partial charge in [-0.3, -0.25) is 14.6 Å². The Labute approximate surface area is 166 Å². The largest absolute Gasteiger partial charge is 0.378 e. The van der Waals surface area contributed by atoms with Gasteiger partial charge in [0, 0.05) is 32.3 Å². The summed E-state index contributed by atoms with van der Waals surface area (Å²) in [6, 6.07) is 5.54. The van der Waals surface area contributed by atoms with Crippen molar-refractivity contribution in [2.75, 3.05) is 13.2 Å². The molecule has 0 radical (unpaired) electrons. The molecule has 4 rings (SSSR count). The van der Waals surface area contributed by atoms with Crippen molar-refractivity contribution >= 4 is 11.8 Å². The Hall–Kier alpha value is -1.95. The summed E-state index contributed by atoms with van der Waals surface area (Å²) in [4.78, 5) is 28.2. The Balaban J connectivity index is 1.42. The van der Waals surface area contributed by atoms with Crippen LogP contribution in [0.15, 0.2) is 24.4 Å². The van der Waals surface area contributed by atoms with Crippen molar-refractivity contribution in [1.82, 2.24) is 15.6 Å². The maximum atomic E-state index is 12.2. The summed E-state index contributed by atoms with van der Waals surface area (Å²) in [6.45, 7) is 7.54. The molecule has 1 aromatic rings. The molecule has 1 saturated heterocycles. The summed E-state index contributed by atoms with van der Waals surface area (Å²) in [5.74, 6) is 0.977. The van der Waals surface area contributed by atoms with Gasteiger partial charge in [0.1, 0.15) is 5.69 Å². The van der Waals surface area contributed by atoms with Crippen LogP contribution in [0.3, 0.4) is 0 Å². The van der Waals surface area contributed by atoms with Crippen LogP contribution >= 0.6 is 0 Å². The van der Waals surface area contributed by atoms with Gasteiger partial charge in [0.15, 0.2) is 0 Å². The molecule has 6 nitrogen and oxygen atoms in total. The SMILES string of the molecule is CC(=O)N[C@H]1C(C)(C)[C@@H]2C[C@@H]3[C@@H](CCNC(=O)c4ccccn4)OCC[C@@]31C2. The average molecular weight is 386 g/mol. The highest BCUT2D eigenvalue weighted by Gasteiger charge is 2.68. The lowest BCUT2D eigenvalue weighted by Gasteiger charge is -2.53. The van der Waals surface area contributed by atoms with Gasteiger partial charge in [-0.1, -0.05) is 19.9 Å². The minimum absolute atomic E-state index is 0.0596. The fourth-order valence-corrected chi connectivity index (χ4v) is 6.31. The zero-order valence-electron chi connectivity index (χ0n) is 17.0. The number of pyridine rings is 1. The fourth-order valence-electron chi connectivity index (χ4n) is 6.31. The lowest BCUT2D eigenvalue weighted by atomic mass is 9.59. The topological polar surface area (TPSA) is 80.3 Å². The number of amides is 2. The summed E-state index contributed by atoms with van der Waals surface area (Å²) in [7, 11) is 0. The number of nitrogens with one attached hydrogen (secondary N) is 2. The van der Waals surface area contributed by atoms with Crippen molar-refractivity contribution < 1.29 is 14.3 Å². The van der Waals surface area contributed by atoms with Gasteiger partial charge in [-0.2, -0.15) is 0 Å². The lowest BCUT2D eigenvalue weighted by Crippen LogP contribution is -2.60. The third kappa shape index (κ3) is 3.11. The Kier molecular flexibility index (Phi) is 4.94. The van der Waals surface area contributed by atoms with E-state index >= 15 is 0 Å². The van der Waals surface area contributed by atoms with Gasteiger partial charge in [-0.15, -0.1) is 0 Å². The van der Waals surface area contributed by atoms with Gasteiger partial charge >= 0.3 is 0 Å². The van der Waals surface area contributed by atoms with Gasteiger partial charge in [0.25, 0.3) is 5.91 Å². The number of carbonyl (C=O) groups excluding carboxylic acids is 2. The molecule has 2 amide bonds. The van der Waals surface area contributed by atoms with Crippen LogP contribution in [0.1, 0.15) is 56.9 Å². The van der Waals surface area contributed by atoms with Gasteiger partial charge < -0.3 is 15.4 Å². The molecule has 152 valence electrons. The highest BCUT2D eigenvalue weighted by Crippen LogP contribution is 2.68. The van der Waals surface area contributed by atoms with Crippen molar-refractivity contribution in [3.05, 3.63) is 30.1 Å². The van der Waals surface area contributed by atoms with Crippen molar-refractivity contribution in [1.29, 1.82) is 0 Å². The van der Waals surface area contributed by atoms with Crippen LogP contribution in [0.4, 0.5) is 0 Å². The summed E-state index contributed by atoms with van der Waals surface area (Å²) < 4.78 is 6.17. The fraction of sp³-hybridized carbons (Fsp3) is 0.682. The van der Waals surface area contributed by atoms with Gasteiger partial charge in [-0.25, -0.2) is 0 Å². The number of fused-ring (bicyclic) bond motifs is 1. The van der Waals surface area contributed by atoms with E-state index in [0.29, 0.717) is 24.1 Å². The molecule has 5 atom stereocenters. The summed E-state index contributed by atoms with van der Waals surface area (Å²) >= 11 is 0. The highest BCUT2D eigenvalue weighted by atomic mass is 16.5. The van der Waals surface area contributed by atoms with Crippen molar-refractivity contribution in [3.8, 4) is 0 Å². The third-order valence-corrected chi connectivity index (χ3v) is 7.58. The minimum Gasteiger partial charge on any atom is -0.378 e. The van der Waals surface area contributed by atoms with Crippen LogP contribution < -0.4 is 10.6 Å². The zero-order valence-corrected chi connectivity index (χ0v) is 17.0. The van der Waals surface area contributed by atoms with E-state index < -0.39 is 0 Å². The molecular formula is C22H31N3O3. The number of aromatic nitrogens is 1. The molecule has 1 spiro atoms. The molecule has 2 N–H and O–H groups in total. The lowest BCUT2D eigenvalue weighted by molar-refractivity contribution is -0.135. The van der Waals surface area contributed by atoms with E-state index in [4.69, 9.17) is 4.74 Å². The van der Waals surface area contributed by atoms with Gasteiger partial charge in [0.05, 0.1) is 6.10 Å². The van der Waals surface area contributed by atoms with Crippen molar-refractivity contribution in [3.63, 3.8) is 0 Å². The van der Waals surface area contributed by atoms with E-state index in [9.17, 15) is 9.59 Å². The Bertz CT molecular complexity index is 751. The van der Waals surface area contributed by atoms with Crippen LogP contribution in [0.5, 0.6) is 0 Å². The van der Waals surface area contributed by atoms with Crippen molar-refractivity contribution in [2.24, 2.45) is 22.7 Å². The molecular weight excluding hydrogens is 354 g/mol. The highest BCUT2D eigenvalue weighted by molar-refractivity contribution is 5.92. The molecule has 2 heterocycles. The van der Waals surface area contributed by atoms with E-state index in [-0.39, 0.29) is 34.8 Å². The van der Waals surface area contributed by atoms with E-state index in [2.05, 4.69) is 29.5 Å². The molecule has 3 aliphatic rings. The molecule has 6 heteroatoms. The summed E-state index contributed by atoms with van der Waals surface area (Å²) in [6.07, 6.45) is 5.90. The number of rotatable bonds is 5. The summed E-state index contributed by atoms with van der Waals surface area (Å²) in [5.41, 5.74) is 0.696. The predicted molar refractivity (Wildman–Crippen MR) is 106 cm³/mol. The Morgan fingerprint density at radius 1 is 1.32 bits per heavy atom. The second-order valence-electron chi connectivity index (χ2n) is 9.35. The van der Waals surface area contributed by atoms with Crippen LogP contribution in [-0.2, 0) is 9.53 Å². The number of hydrogen-bond donors (Lipinski definition) is 2. The predicted octanol–water partition coefficient (Wildman–Crippen LogP) is 2.55. The molecule has 1 aromatic heterocycles. The third-order valence-electron chi connectivity index (χ3n) is 7.58. The Morgan fingerprint density at radius 3 is 2.86 bits per heavy atom. The quantitative estimate of drug-likeness (QED) is 0.816. The van der Waals surface area contributed by atoms with Crippen LogP contribution in [-0.4, -0.2) is 42.1 Å². The second kappa shape index (κ2) is 7.14. The number of hydrogen-bond acceptors (Lipinski definition) is 4. The Morgan fingerprint density at radius 2 is 2.14 bits per heavy atom. The standard InChI is InChI=1S/C22H31N3O3/c1-14(26)25-20-21(2,3)15-12-16-18(28-11-8-22(16,20)13-15)7-10-24-19(27)17-6-4-5-9-23-17/h4-6,9,15-16,18,20H,7-8,10-13H2,1-3H3,(H,24,27)(H,25,26)/t15-,16-,18-,20+,22-/m1/s1. The second-order valence-corrected chi connectivity index (χ2v) is 9.35. The first-order valence-electron chi connectivity index (χ1n) is 10.4. The van der Waals surface area contributed by atoms with Crippen molar-refractivity contribution in [2.45, 2.75) is 58.6 Å². The molecule has 2 bridgehead atoms. The first-order chi connectivity index (χ1) is 13.3. The molecule has 2 saturated carbocycles. The molecule has 2 aliphatic carbocycles. The number of nitrogens with zero attached hydrogens (tertiary/aromatic N) is 1. The average Bonchev–Trinajstić information content (AvgIpc) is 3.16. The molecule has 0 unspecified atom stereocenters. The van der Waals surface area contributed by atoms with Gasteiger partial charge in [0.2, 0.25) is 5.91 Å². The van der Waals surface area contributed by atoms with E-state index in [0.717, 1.165) is 25.9 Å². The molecule has 3 fully saturated rings. The normalized spacial score (nSPS) is 35.2. The number of carbonyl (C=O) groups is 2. The smallest absolute Gasteiger partial charge is 0.269 e. The summed E-state index contributed by atoms with van der Waals surface area (Å²) in [5, 5.41) is 6.27. The van der Waals surface area contributed by atoms with E-state index in [1.54, 1.807) is 25.3 Å². The van der Waals surface area contributed by atoms with Gasteiger partial charge in [-0.05, 0) is 60.5 Å². The first kappa shape index (κ1) is 19.4. The van der Waals surface area contributed by atoms with E-state index in [1.807, 2.05) is 6.07 Å². The van der Waals surface area contributed by atoms with E-state index in [1.165, 1.54) is 6.42 Å². The molecule has 0 aromatic carbocycles. The maximum Gasteiger partial charge on any atom is 0.269 e. The monoisotopic (exact) mass is 385 g/mol. The van der Waals surface area contributed by atoms with Crippen LogP contribution in [0, 0.1) is 22.7 Å². The molecule has 28 heavy (non-hydrogen) atoms. The number of ether oxygens (including phenoxy) is 1. The molecule has 1 aliphatic heterocycles.